The summed E-state index contributed by atoms with van der Waals surface area (Å²) in [5, 5.41) is 2.81. The van der Waals surface area contributed by atoms with Gasteiger partial charge >= 0.3 is 5.97 Å². The molecule has 0 saturated heterocycles. The van der Waals surface area contributed by atoms with Crippen molar-refractivity contribution in [1.29, 1.82) is 0 Å². The van der Waals surface area contributed by atoms with E-state index in [2.05, 4.69) is 5.32 Å². The predicted octanol–water partition coefficient (Wildman–Crippen LogP) is 4.87. The van der Waals surface area contributed by atoms with Crippen molar-refractivity contribution >= 4 is 17.8 Å². The zero-order valence-corrected chi connectivity index (χ0v) is 20.7. The van der Waals surface area contributed by atoms with E-state index in [0.717, 1.165) is 16.7 Å². The number of rotatable bonds is 8. The quantitative estimate of drug-likeness (QED) is 0.459. The number of amides is 2. The van der Waals surface area contributed by atoms with E-state index in [0.29, 0.717) is 35.7 Å². The van der Waals surface area contributed by atoms with Crippen molar-refractivity contribution < 1.29 is 23.5 Å². The minimum absolute atomic E-state index is 0.0627. The Kier molecular flexibility index (Phi) is 7.68. The molecule has 1 aliphatic rings. The Hall–Kier alpha value is -4.13. The molecule has 1 aromatic heterocycles. The number of hydrogen-bond donors (Lipinski definition) is 1. The van der Waals surface area contributed by atoms with Gasteiger partial charge in [-0.15, -0.1) is 0 Å². The van der Waals surface area contributed by atoms with Crippen LogP contribution >= 0.6 is 0 Å². The van der Waals surface area contributed by atoms with E-state index < -0.39 is 5.97 Å². The number of ether oxygens (including phenoxy) is 1. The number of carbonyl (C=O) groups excluding carboxylic acids is 3. The smallest absolute Gasteiger partial charge is 0.336 e. The van der Waals surface area contributed by atoms with E-state index in [1.54, 1.807) is 49.3 Å². The molecule has 1 unspecified atom stereocenters. The second kappa shape index (κ2) is 11.1. The molecule has 7 heteroatoms. The molecule has 0 bridgehead atoms. The highest BCUT2D eigenvalue weighted by Gasteiger charge is 2.36. The minimum Gasteiger partial charge on any atom is -0.467 e. The zero-order chi connectivity index (χ0) is 25.7. The van der Waals surface area contributed by atoms with Crippen LogP contribution in [0.1, 0.15) is 59.0 Å². The molecule has 186 valence electrons. The Balaban J connectivity index is 1.54. The first-order chi connectivity index (χ1) is 17.4. The zero-order valence-electron chi connectivity index (χ0n) is 20.7. The molecule has 2 heterocycles. The van der Waals surface area contributed by atoms with Crippen LogP contribution < -0.4 is 5.32 Å². The second-order valence-corrected chi connectivity index (χ2v) is 8.83. The standard InChI is InChI=1S/C29H30N2O5/c1-4-35-29(34)27-20(3)31(26(32)16-25(27)23-8-5-7-19(2)15-23)18-21-10-12-22(13-11-21)28(33)30-17-24-9-6-14-36-24/h5-15,25H,4,16-18H2,1-3H3,(H,30,33). The number of hydrogen-bond acceptors (Lipinski definition) is 5. The molecule has 36 heavy (non-hydrogen) atoms. The lowest BCUT2D eigenvalue weighted by atomic mass is 9.83. The Morgan fingerprint density at radius 2 is 1.86 bits per heavy atom. The number of aryl methyl sites for hydroxylation is 1. The maximum atomic E-state index is 13.2. The summed E-state index contributed by atoms with van der Waals surface area (Å²) in [5.41, 5.74) is 4.45. The average molecular weight is 487 g/mol. The molecule has 7 nitrogen and oxygen atoms in total. The molecule has 2 amide bonds. The van der Waals surface area contributed by atoms with Crippen molar-refractivity contribution in [3.05, 3.63) is 106 Å². The van der Waals surface area contributed by atoms with Gasteiger partial charge in [0, 0.05) is 23.6 Å². The molecule has 1 N–H and O–H groups in total. The monoisotopic (exact) mass is 486 g/mol. The first-order valence-corrected chi connectivity index (χ1v) is 12.0. The van der Waals surface area contributed by atoms with Gasteiger partial charge in [-0.2, -0.15) is 0 Å². The van der Waals surface area contributed by atoms with Crippen molar-refractivity contribution in [2.24, 2.45) is 0 Å². The topological polar surface area (TPSA) is 88.8 Å². The van der Waals surface area contributed by atoms with E-state index >= 15 is 0 Å². The van der Waals surface area contributed by atoms with Crippen LogP contribution in [0.2, 0.25) is 0 Å². The van der Waals surface area contributed by atoms with Crippen molar-refractivity contribution in [3.63, 3.8) is 0 Å². The van der Waals surface area contributed by atoms with E-state index in [4.69, 9.17) is 9.15 Å². The van der Waals surface area contributed by atoms with Gasteiger partial charge in [0.15, 0.2) is 0 Å². The van der Waals surface area contributed by atoms with Gasteiger partial charge in [-0.05, 0) is 56.2 Å². The second-order valence-electron chi connectivity index (χ2n) is 8.83. The van der Waals surface area contributed by atoms with E-state index in [1.165, 1.54) is 0 Å². The van der Waals surface area contributed by atoms with Gasteiger partial charge in [-0.25, -0.2) is 4.79 Å². The molecule has 4 rings (SSSR count). The van der Waals surface area contributed by atoms with Crippen LogP contribution in [0.3, 0.4) is 0 Å². The van der Waals surface area contributed by atoms with Gasteiger partial charge in [-0.1, -0.05) is 42.0 Å². The summed E-state index contributed by atoms with van der Waals surface area (Å²) in [6.45, 7) is 6.41. The SMILES string of the molecule is CCOC(=O)C1=C(C)N(Cc2ccc(C(=O)NCc3ccco3)cc2)C(=O)CC1c1cccc(C)c1. The van der Waals surface area contributed by atoms with Gasteiger partial charge < -0.3 is 19.4 Å². The lowest BCUT2D eigenvalue weighted by Gasteiger charge is -2.34. The summed E-state index contributed by atoms with van der Waals surface area (Å²) in [6, 6.07) is 18.5. The number of esters is 1. The third-order valence-electron chi connectivity index (χ3n) is 6.32. The van der Waals surface area contributed by atoms with Gasteiger partial charge in [0.2, 0.25) is 5.91 Å². The van der Waals surface area contributed by atoms with Crippen LogP contribution in [0.5, 0.6) is 0 Å². The molecule has 0 fully saturated rings. The van der Waals surface area contributed by atoms with Crippen LogP contribution in [-0.2, 0) is 27.4 Å². The highest BCUT2D eigenvalue weighted by Crippen LogP contribution is 2.38. The Morgan fingerprint density at radius 1 is 1.08 bits per heavy atom. The number of nitrogens with one attached hydrogen (secondary N) is 1. The Morgan fingerprint density at radius 3 is 2.53 bits per heavy atom. The third-order valence-corrected chi connectivity index (χ3v) is 6.32. The van der Waals surface area contributed by atoms with E-state index in [9.17, 15) is 14.4 Å². The molecule has 0 radical (unpaired) electrons. The van der Waals surface area contributed by atoms with Crippen LogP contribution in [0.15, 0.2) is 82.6 Å². The fourth-order valence-corrected chi connectivity index (χ4v) is 4.48. The molecular formula is C29H30N2O5. The van der Waals surface area contributed by atoms with Gasteiger partial charge in [0.1, 0.15) is 5.76 Å². The first kappa shape index (κ1) is 25.0. The summed E-state index contributed by atoms with van der Waals surface area (Å²) in [6.07, 6.45) is 1.74. The molecular weight excluding hydrogens is 456 g/mol. The Labute approximate surface area is 210 Å². The van der Waals surface area contributed by atoms with Crippen LogP contribution in [0.25, 0.3) is 0 Å². The number of carbonyl (C=O) groups is 3. The molecule has 3 aromatic rings. The summed E-state index contributed by atoms with van der Waals surface area (Å²) >= 11 is 0. The largest absolute Gasteiger partial charge is 0.467 e. The highest BCUT2D eigenvalue weighted by atomic mass is 16.5. The number of allylic oxidation sites excluding steroid dienone is 1. The lowest BCUT2D eigenvalue weighted by Crippen LogP contribution is -2.38. The predicted molar refractivity (Wildman–Crippen MR) is 135 cm³/mol. The lowest BCUT2D eigenvalue weighted by molar-refractivity contribution is -0.140. The van der Waals surface area contributed by atoms with Crippen molar-refractivity contribution in [3.8, 4) is 0 Å². The third kappa shape index (κ3) is 5.57. The molecule has 0 saturated carbocycles. The summed E-state index contributed by atoms with van der Waals surface area (Å²) in [4.78, 5) is 40.3. The number of furan rings is 1. The molecule has 0 spiro atoms. The number of nitrogens with zero attached hydrogens (tertiary/aromatic N) is 1. The van der Waals surface area contributed by atoms with Crippen molar-refractivity contribution in [1.82, 2.24) is 10.2 Å². The van der Waals surface area contributed by atoms with Gasteiger partial charge in [0.05, 0.1) is 31.5 Å². The molecule has 1 atom stereocenters. The molecule has 1 aliphatic heterocycles. The average Bonchev–Trinajstić information content (AvgIpc) is 3.39. The van der Waals surface area contributed by atoms with Gasteiger partial charge in [-0.3, -0.25) is 9.59 Å². The number of benzene rings is 2. The normalized spacial score (nSPS) is 15.7. The van der Waals surface area contributed by atoms with Crippen LogP contribution in [-0.4, -0.2) is 29.3 Å². The summed E-state index contributed by atoms with van der Waals surface area (Å²) < 4.78 is 10.6. The fourth-order valence-electron chi connectivity index (χ4n) is 4.48. The van der Waals surface area contributed by atoms with Gasteiger partial charge in [0.25, 0.3) is 5.91 Å². The molecule has 0 aliphatic carbocycles. The Bertz CT molecular complexity index is 1280. The summed E-state index contributed by atoms with van der Waals surface area (Å²) in [7, 11) is 0. The molecule has 2 aromatic carbocycles. The maximum absolute atomic E-state index is 13.2. The highest BCUT2D eigenvalue weighted by molar-refractivity contribution is 5.96. The maximum Gasteiger partial charge on any atom is 0.336 e. The first-order valence-electron chi connectivity index (χ1n) is 12.0. The van der Waals surface area contributed by atoms with E-state index in [1.807, 2.05) is 43.3 Å². The van der Waals surface area contributed by atoms with E-state index in [-0.39, 0.29) is 30.8 Å². The minimum atomic E-state index is -0.400. The fraction of sp³-hybridized carbons (Fsp3) is 0.276. The van der Waals surface area contributed by atoms with Crippen molar-refractivity contribution in [2.75, 3.05) is 6.61 Å². The summed E-state index contributed by atoms with van der Waals surface area (Å²) in [5.74, 6) is -0.358. The van der Waals surface area contributed by atoms with Crippen LogP contribution in [0, 0.1) is 6.92 Å². The van der Waals surface area contributed by atoms with Crippen LogP contribution in [0.4, 0.5) is 0 Å². The van der Waals surface area contributed by atoms with Crippen molar-refractivity contribution in [2.45, 2.75) is 46.2 Å².